The van der Waals surface area contributed by atoms with Crippen LogP contribution >= 0.6 is 0 Å². The molecular weight excluding hydrogens is 418 g/mol. The lowest BCUT2D eigenvalue weighted by Gasteiger charge is -2.56. The molecule has 0 bridgehead atoms. The van der Waals surface area contributed by atoms with E-state index in [1.54, 1.807) is 4.68 Å². The van der Waals surface area contributed by atoms with E-state index in [1.165, 1.54) is 44.9 Å². The first-order valence-electron chi connectivity index (χ1n) is 14.3. The summed E-state index contributed by atoms with van der Waals surface area (Å²) in [5.74, 6) is 7.25. The standard InChI is InChI=1S/C30H43N3O/c1-17-5-9-22-21(13-17)8-10-24-23(22)11-12-30(4)28(24)18(2)19(3)29(30)27(34)16-33-15-25(20-6-7-20)26(14-31)32-33/h15,17-24,28-29H,5-13,16H2,1-4H3/t17?,18-,19?,21?,22?,23?,24?,28?,29?,30?/m1/s1. The van der Waals surface area contributed by atoms with E-state index in [1.807, 2.05) is 6.20 Å². The summed E-state index contributed by atoms with van der Waals surface area (Å²) in [6.07, 6.45) is 14.0. The molecule has 10 atom stereocenters. The highest BCUT2D eigenvalue weighted by Gasteiger charge is 2.63. The van der Waals surface area contributed by atoms with Crippen molar-refractivity contribution < 1.29 is 4.79 Å². The summed E-state index contributed by atoms with van der Waals surface area (Å²) in [5, 5.41) is 14.0. The number of carbonyl (C=O) groups excluding carboxylic acids is 1. The van der Waals surface area contributed by atoms with Gasteiger partial charge in [0, 0.05) is 17.7 Å². The van der Waals surface area contributed by atoms with Crippen LogP contribution in [0.3, 0.4) is 0 Å². The minimum Gasteiger partial charge on any atom is -0.297 e. The van der Waals surface area contributed by atoms with Crippen LogP contribution in [-0.4, -0.2) is 15.6 Å². The lowest BCUT2D eigenvalue weighted by molar-refractivity contribution is -0.132. The predicted molar refractivity (Wildman–Crippen MR) is 133 cm³/mol. The van der Waals surface area contributed by atoms with Crippen molar-refractivity contribution >= 4 is 5.78 Å². The third-order valence-electron chi connectivity index (χ3n) is 11.7. The van der Waals surface area contributed by atoms with Crippen molar-refractivity contribution in [1.82, 2.24) is 9.78 Å². The molecule has 4 nitrogen and oxygen atoms in total. The van der Waals surface area contributed by atoms with Gasteiger partial charge in [0.2, 0.25) is 0 Å². The smallest absolute Gasteiger partial charge is 0.165 e. The summed E-state index contributed by atoms with van der Waals surface area (Å²) in [6.45, 7) is 10.1. The van der Waals surface area contributed by atoms with Crippen molar-refractivity contribution in [2.45, 2.75) is 97.9 Å². The van der Waals surface area contributed by atoms with Crippen LogP contribution in [0.5, 0.6) is 0 Å². The Morgan fingerprint density at radius 1 is 1.06 bits per heavy atom. The van der Waals surface area contributed by atoms with Crippen LogP contribution in [0.1, 0.15) is 103 Å². The molecule has 1 heterocycles. The van der Waals surface area contributed by atoms with E-state index in [-0.39, 0.29) is 11.3 Å². The monoisotopic (exact) mass is 461 g/mol. The number of Topliss-reactive ketones (excluding diaryl/α,β-unsaturated/α-hetero) is 1. The quantitative estimate of drug-likeness (QED) is 0.508. The van der Waals surface area contributed by atoms with Crippen molar-refractivity contribution in [2.24, 2.45) is 58.7 Å². The number of nitrogens with zero attached hydrogens (tertiary/aromatic N) is 3. The molecule has 0 aromatic carbocycles. The van der Waals surface area contributed by atoms with Gasteiger partial charge >= 0.3 is 0 Å². The van der Waals surface area contributed by atoms with E-state index in [4.69, 9.17) is 0 Å². The largest absolute Gasteiger partial charge is 0.297 e. The Kier molecular flexibility index (Phi) is 5.51. The van der Waals surface area contributed by atoms with E-state index in [0.29, 0.717) is 41.7 Å². The number of aromatic nitrogens is 2. The van der Waals surface area contributed by atoms with Gasteiger partial charge in [0.05, 0.1) is 6.54 Å². The first-order chi connectivity index (χ1) is 16.3. The molecule has 9 unspecified atom stereocenters. The van der Waals surface area contributed by atoms with Crippen LogP contribution in [0.15, 0.2) is 6.20 Å². The number of nitriles is 1. The maximum absolute atomic E-state index is 13.9. The molecule has 5 saturated carbocycles. The van der Waals surface area contributed by atoms with Crippen molar-refractivity contribution in [2.75, 3.05) is 0 Å². The number of fused-ring (bicyclic) bond motifs is 5. The van der Waals surface area contributed by atoms with E-state index in [0.717, 1.165) is 48.0 Å². The fraction of sp³-hybridized carbons (Fsp3) is 0.833. The fourth-order valence-electron chi connectivity index (χ4n) is 10.2. The zero-order valence-corrected chi connectivity index (χ0v) is 21.7. The first-order valence-corrected chi connectivity index (χ1v) is 14.3. The predicted octanol–water partition coefficient (Wildman–Crippen LogP) is 6.60. The molecule has 0 N–H and O–H groups in total. The molecule has 6 rings (SSSR count). The molecule has 0 aliphatic heterocycles. The molecule has 5 aliphatic carbocycles. The summed E-state index contributed by atoms with van der Waals surface area (Å²) in [6, 6.07) is 2.26. The van der Waals surface area contributed by atoms with Crippen LogP contribution in [0, 0.1) is 70.0 Å². The Labute approximate surface area is 205 Å². The number of rotatable bonds is 4. The van der Waals surface area contributed by atoms with E-state index < -0.39 is 0 Å². The molecule has 34 heavy (non-hydrogen) atoms. The Hall–Kier alpha value is -1.63. The van der Waals surface area contributed by atoms with E-state index >= 15 is 0 Å². The van der Waals surface area contributed by atoms with Crippen molar-refractivity contribution in [3.8, 4) is 6.07 Å². The zero-order valence-electron chi connectivity index (χ0n) is 21.7. The normalized spacial score (nSPS) is 45.7. The van der Waals surface area contributed by atoms with Crippen LogP contribution in [0.2, 0.25) is 0 Å². The minimum absolute atomic E-state index is 0.121. The zero-order chi connectivity index (χ0) is 23.8. The molecule has 5 aliphatic rings. The van der Waals surface area contributed by atoms with Gasteiger partial charge in [-0.1, -0.05) is 34.1 Å². The third-order valence-corrected chi connectivity index (χ3v) is 11.7. The van der Waals surface area contributed by atoms with Crippen molar-refractivity contribution in [1.29, 1.82) is 5.26 Å². The summed E-state index contributed by atoms with van der Waals surface area (Å²) in [4.78, 5) is 13.9. The fourth-order valence-corrected chi connectivity index (χ4v) is 10.2. The van der Waals surface area contributed by atoms with Gasteiger partial charge in [-0.3, -0.25) is 9.48 Å². The molecular formula is C30H43N3O. The first kappa shape index (κ1) is 22.8. The van der Waals surface area contributed by atoms with E-state index in [9.17, 15) is 10.1 Å². The van der Waals surface area contributed by atoms with Crippen LogP contribution < -0.4 is 0 Å². The minimum atomic E-state index is 0.121. The molecule has 184 valence electrons. The number of hydrogen-bond acceptors (Lipinski definition) is 3. The number of ketones is 1. The molecule has 0 spiro atoms. The van der Waals surface area contributed by atoms with Gasteiger partial charge in [0.15, 0.2) is 11.5 Å². The van der Waals surface area contributed by atoms with Crippen LogP contribution in [-0.2, 0) is 11.3 Å². The number of carbonyl (C=O) groups is 1. The maximum Gasteiger partial charge on any atom is 0.165 e. The highest BCUT2D eigenvalue weighted by atomic mass is 16.1. The molecule has 1 aromatic rings. The second-order valence-electron chi connectivity index (χ2n) is 13.5. The van der Waals surface area contributed by atoms with Crippen LogP contribution in [0.4, 0.5) is 0 Å². The maximum atomic E-state index is 13.9. The number of hydrogen-bond donors (Lipinski definition) is 0. The van der Waals surface area contributed by atoms with Gasteiger partial charge in [-0.25, -0.2) is 0 Å². The summed E-state index contributed by atoms with van der Waals surface area (Å²) in [7, 11) is 0. The topological polar surface area (TPSA) is 58.7 Å². The van der Waals surface area contributed by atoms with Gasteiger partial charge in [-0.05, 0) is 110 Å². The molecule has 0 amide bonds. The van der Waals surface area contributed by atoms with Gasteiger partial charge in [0.25, 0.3) is 0 Å². The molecule has 0 saturated heterocycles. The van der Waals surface area contributed by atoms with Gasteiger partial charge in [0.1, 0.15) is 6.07 Å². The Morgan fingerprint density at radius 3 is 2.56 bits per heavy atom. The van der Waals surface area contributed by atoms with Crippen molar-refractivity contribution in [3.63, 3.8) is 0 Å². The molecule has 1 aromatic heterocycles. The highest BCUT2D eigenvalue weighted by molar-refractivity contribution is 5.82. The van der Waals surface area contributed by atoms with Gasteiger partial charge in [-0.2, -0.15) is 10.4 Å². The van der Waals surface area contributed by atoms with E-state index in [2.05, 4.69) is 38.9 Å². The van der Waals surface area contributed by atoms with Gasteiger partial charge < -0.3 is 0 Å². The lowest BCUT2D eigenvalue weighted by Crippen LogP contribution is -2.50. The summed E-state index contributed by atoms with van der Waals surface area (Å²) < 4.78 is 1.79. The Bertz CT molecular complexity index is 1000. The second-order valence-corrected chi connectivity index (χ2v) is 13.5. The SMILES string of the molecule is CC1CCC2C(CCC3C2CCC2(C)C(C(=O)Cn4cc(C5CC5)c(C#N)n4)C(C)[C@@H](C)C32)C1. The summed E-state index contributed by atoms with van der Waals surface area (Å²) in [5.41, 5.74) is 1.72. The second kappa shape index (κ2) is 8.21. The van der Waals surface area contributed by atoms with Crippen molar-refractivity contribution in [3.05, 3.63) is 17.5 Å². The Balaban J connectivity index is 1.24. The molecule has 0 radical (unpaired) electrons. The van der Waals surface area contributed by atoms with Gasteiger partial charge in [-0.15, -0.1) is 0 Å². The Morgan fingerprint density at radius 2 is 1.82 bits per heavy atom. The molecule has 4 heteroatoms. The summed E-state index contributed by atoms with van der Waals surface area (Å²) >= 11 is 0. The molecule has 5 fully saturated rings. The average Bonchev–Trinajstić information content (AvgIpc) is 3.54. The highest BCUT2D eigenvalue weighted by Crippen LogP contribution is 2.67. The third kappa shape index (κ3) is 3.43. The van der Waals surface area contributed by atoms with Crippen LogP contribution in [0.25, 0.3) is 0 Å². The average molecular weight is 462 g/mol. The lowest BCUT2D eigenvalue weighted by atomic mass is 9.48.